The molecule has 3 rings (SSSR count). The molecule has 0 aliphatic rings. The molecule has 1 aromatic heterocycles. The minimum absolute atomic E-state index is 0.0732. The number of carbonyl (C=O) groups excluding carboxylic acids is 1. The molecule has 146 valence electrons. The fraction of sp³-hybridized carbons (Fsp3) is 0.333. The molecule has 0 unspecified atom stereocenters. The van der Waals surface area contributed by atoms with Crippen molar-refractivity contribution >= 4 is 23.4 Å². The van der Waals surface area contributed by atoms with E-state index in [4.69, 9.17) is 0 Å². The molecule has 1 atom stereocenters. The van der Waals surface area contributed by atoms with Crippen molar-refractivity contribution in [3.8, 4) is 5.69 Å². The van der Waals surface area contributed by atoms with Crippen molar-refractivity contribution in [3.63, 3.8) is 0 Å². The van der Waals surface area contributed by atoms with E-state index in [0.29, 0.717) is 11.1 Å². The molecule has 0 aliphatic carbocycles. The highest BCUT2D eigenvalue weighted by Crippen LogP contribution is 2.27. The van der Waals surface area contributed by atoms with Gasteiger partial charge in [-0.3, -0.25) is 4.79 Å². The standard InChI is InChI=1S/C21H25N5OS/c1-5-15(3)17-8-6-7-9-18(17)22-20(27)13-28-21-23-24-25-26(21)19-11-10-14(2)12-16(19)4/h6-12,15H,5,13H2,1-4H3,(H,22,27)/t15-/m0/s1. The number of rotatable bonds is 7. The zero-order valence-corrected chi connectivity index (χ0v) is 17.5. The van der Waals surface area contributed by atoms with Crippen LogP contribution in [-0.2, 0) is 4.79 Å². The van der Waals surface area contributed by atoms with Crippen molar-refractivity contribution in [2.75, 3.05) is 11.1 Å². The van der Waals surface area contributed by atoms with Crippen LogP contribution in [0.2, 0.25) is 0 Å². The van der Waals surface area contributed by atoms with Gasteiger partial charge in [-0.25, -0.2) is 0 Å². The van der Waals surface area contributed by atoms with Crippen molar-refractivity contribution in [1.82, 2.24) is 20.2 Å². The molecule has 0 fully saturated rings. The van der Waals surface area contributed by atoms with Crippen LogP contribution in [0.4, 0.5) is 5.69 Å². The molecular weight excluding hydrogens is 370 g/mol. The van der Waals surface area contributed by atoms with Crippen molar-refractivity contribution in [1.29, 1.82) is 0 Å². The number of nitrogens with one attached hydrogen (secondary N) is 1. The number of thioether (sulfide) groups is 1. The average Bonchev–Trinajstić information content (AvgIpc) is 3.14. The Balaban J connectivity index is 1.69. The molecule has 0 aliphatic heterocycles. The molecule has 1 N–H and O–H groups in total. The number of aryl methyl sites for hydroxylation is 2. The maximum Gasteiger partial charge on any atom is 0.234 e. The summed E-state index contributed by atoms with van der Waals surface area (Å²) in [6, 6.07) is 14.1. The largest absolute Gasteiger partial charge is 0.325 e. The van der Waals surface area contributed by atoms with Gasteiger partial charge in [0, 0.05) is 5.69 Å². The van der Waals surface area contributed by atoms with Crippen LogP contribution in [0.15, 0.2) is 47.6 Å². The molecule has 2 aromatic carbocycles. The summed E-state index contributed by atoms with van der Waals surface area (Å²) in [4.78, 5) is 12.5. The second-order valence-corrected chi connectivity index (χ2v) is 7.84. The first-order valence-electron chi connectivity index (χ1n) is 9.37. The number of amides is 1. The maximum absolute atomic E-state index is 12.5. The Morgan fingerprint density at radius 2 is 2.00 bits per heavy atom. The topological polar surface area (TPSA) is 72.7 Å². The van der Waals surface area contributed by atoms with E-state index in [9.17, 15) is 4.79 Å². The van der Waals surface area contributed by atoms with E-state index in [1.807, 2.05) is 44.2 Å². The molecule has 0 saturated carbocycles. The molecule has 3 aromatic rings. The minimum Gasteiger partial charge on any atom is -0.325 e. The van der Waals surface area contributed by atoms with E-state index in [-0.39, 0.29) is 11.7 Å². The molecule has 1 amide bonds. The van der Waals surface area contributed by atoms with Crippen LogP contribution in [0.5, 0.6) is 0 Å². The third-order valence-corrected chi connectivity index (χ3v) is 5.65. The highest BCUT2D eigenvalue weighted by Gasteiger charge is 2.15. The van der Waals surface area contributed by atoms with E-state index in [1.54, 1.807) is 4.68 Å². The van der Waals surface area contributed by atoms with E-state index in [1.165, 1.54) is 17.3 Å². The Morgan fingerprint density at radius 3 is 2.75 bits per heavy atom. The molecule has 0 spiro atoms. The minimum atomic E-state index is -0.0732. The molecule has 0 bridgehead atoms. The summed E-state index contributed by atoms with van der Waals surface area (Å²) in [5.41, 5.74) is 5.21. The summed E-state index contributed by atoms with van der Waals surface area (Å²) in [6.07, 6.45) is 1.02. The molecule has 1 heterocycles. The van der Waals surface area contributed by atoms with Gasteiger partial charge in [-0.1, -0.05) is 61.5 Å². The summed E-state index contributed by atoms with van der Waals surface area (Å²) in [6.45, 7) is 8.38. The van der Waals surface area contributed by atoms with Crippen LogP contribution in [0, 0.1) is 13.8 Å². The molecule has 0 radical (unpaired) electrons. The van der Waals surface area contributed by atoms with Gasteiger partial charge in [0.15, 0.2) is 0 Å². The number of anilines is 1. The third-order valence-electron chi connectivity index (χ3n) is 4.73. The van der Waals surface area contributed by atoms with Gasteiger partial charge >= 0.3 is 0 Å². The predicted octanol–water partition coefficient (Wildman–Crippen LogP) is 4.52. The summed E-state index contributed by atoms with van der Waals surface area (Å²) >= 11 is 1.32. The van der Waals surface area contributed by atoms with Crippen LogP contribution >= 0.6 is 11.8 Å². The zero-order chi connectivity index (χ0) is 20.1. The number of aromatic nitrogens is 4. The number of para-hydroxylation sites is 1. The number of benzene rings is 2. The normalized spacial score (nSPS) is 12.0. The van der Waals surface area contributed by atoms with Crippen molar-refractivity contribution in [2.24, 2.45) is 0 Å². The van der Waals surface area contributed by atoms with Crippen LogP contribution < -0.4 is 5.32 Å². The SMILES string of the molecule is CC[C@H](C)c1ccccc1NC(=O)CSc1nnnn1-c1ccc(C)cc1C. The van der Waals surface area contributed by atoms with Gasteiger partial charge in [-0.05, 0) is 59.9 Å². The van der Waals surface area contributed by atoms with Crippen LogP contribution in [0.25, 0.3) is 5.69 Å². The smallest absolute Gasteiger partial charge is 0.234 e. The van der Waals surface area contributed by atoms with Gasteiger partial charge < -0.3 is 5.32 Å². The van der Waals surface area contributed by atoms with Crippen molar-refractivity contribution in [3.05, 3.63) is 59.2 Å². The summed E-state index contributed by atoms with van der Waals surface area (Å²) in [7, 11) is 0. The first-order valence-corrected chi connectivity index (χ1v) is 10.4. The second-order valence-electron chi connectivity index (χ2n) is 6.90. The first-order chi connectivity index (χ1) is 13.5. The van der Waals surface area contributed by atoms with Crippen LogP contribution in [0.1, 0.15) is 42.9 Å². The lowest BCUT2D eigenvalue weighted by atomic mass is 9.97. The first kappa shape index (κ1) is 20.1. The lowest BCUT2D eigenvalue weighted by molar-refractivity contribution is -0.113. The highest BCUT2D eigenvalue weighted by atomic mass is 32.2. The van der Waals surface area contributed by atoms with Crippen LogP contribution in [0.3, 0.4) is 0 Å². The van der Waals surface area contributed by atoms with E-state index >= 15 is 0 Å². The zero-order valence-electron chi connectivity index (χ0n) is 16.6. The fourth-order valence-electron chi connectivity index (χ4n) is 3.04. The number of carbonyl (C=O) groups is 1. The lowest BCUT2D eigenvalue weighted by Gasteiger charge is -2.15. The summed E-state index contributed by atoms with van der Waals surface area (Å²) in [5, 5.41) is 15.6. The number of tetrazole rings is 1. The molecule has 28 heavy (non-hydrogen) atoms. The van der Waals surface area contributed by atoms with Gasteiger partial charge in [0.2, 0.25) is 11.1 Å². The Kier molecular flexibility index (Phi) is 6.46. The predicted molar refractivity (Wildman–Crippen MR) is 113 cm³/mol. The molecular formula is C21H25N5OS. The van der Waals surface area contributed by atoms with E-state index in [0.717, 1.165) is 28.9 Å². The molecule has 6 nitrogen and oxygen atoms in total. The van der Waals surface area contributed by atoms with Gasteiger partial charge in [-0.2, -0.15) is 4.68 Å². The van der Waals surface area contributed by atoms with Gasteiger partial charge in [0.25, 0.3) is 0 Å². The lowest BCUT2D eigenvalue weighted by Crippen LogP contribution is -2.16. The quantitative estimate of drug-likeness (QED) is 0.595. The van der Waals surface area contributed by atoms with Crippen molar-refractivity contribution < 1.29 is 4.79 Å². The average molecular weight is 396 g/mol. The fourth-order valence-corrected chi connectivity index (χ4v) is 3.72. The summed E-state index contributed by atoms with van der Waals surface area (Å²) in [5.74, 6) is 0.553. The number of nitrogens with zero attached hydrogens (tertiary/aromatic N) is 4. The monoisotopic (exact) mass is 395 g/mol. The Labute approximate surface area is 169 Å². The second kappa shape index (κ2) is 9.01. The highest BCUT2D eigenvalue weighted by molar-refractivity contribution is 7.99. The Hall–Kier alpha value is -2.67. The van der Waals surface area contributed by atoms with Gasteiger partial charge in [-0.15, -0.1) is 5.10 Å². The van der Waals surface area contributed by atoms with Gasteiger partial charge in [0.05, 0.1) is 11.4 Å². The molecule has 0 saturated heterocycles. The molecule has 7 heteroatoms. The van der Waals surface area contributed by atoms with Gasteiger partial charge in [0.1, 0.15) is 0 Å². The third kappa shape index (κ3) is 4.59. The number of hydrogen-bond donors (Lipinski definition) is 1. The van der Waals surface area contributed by atoms with E-state index in [2.05, 4.69) is 46.8 Å². The number of hydrogen-bond acceptors (Lipinski definition) is 5. The Bertz CT molecular complexity index is 969. The van der Waals surface area contributed by atoms with E-state index < -0.39 is 0 Å². The van der Waals surface area contributed by atoms with Crippen LogP contribution in [-0.4, -0.2) is 31.9 Å². The Morgan fingerprint density at radius 1 is 1.21 bits per heavy atom. The van der Waals surface area contributed by atoms with Crippen molar-refractivity contribution in [2.45, 2.75) is 45.2 Å². The maximum atomic E-state index is 12.5. The summed E-state index contributed by atoms with van der Waals surface area (Å²) < 4.78 is 1.68.